The van der Waals surface area contributed by atoms with Crippen LogP contribution in [-0.2, 0) is 26.5 Å². The van der Waals surface area contributed by atoms with E-state index in [0.29, 0.717) is 28.3 Å². The van der Waals surface area contributed by atoms with Crippen LogP contribution in [0.15, 0.2) is 58.0 Å². The van der Waals surface area contributed by atoms with Crippen LogP contribution in [0.3, 0.4) is 0 Å². The van der Waals surface area contributed by atoms with Crippen molar-refractivity contribution >= 4 is 32.7 Å². The maximum absolute atomic E-state index is 12.5. The molecule has 10 heteroatoms. The topological polar surface area (TPSA) is 124 Å². The molecule has 0 aliphatic carbocycles. The summed E-state index contributed by atoms with van der Waals surface area (Å²) in [5, 5.41) is 11.1. The van der Waals surface area contributed by atoms with Gasteiger partial charge in [0.15, 0.2) is 9.84 Å². The third kappa shape index (κ3) is 5.65. The summed E-state index contributed by atoms with van der Waals surface area (Å²) in [5.74, 6) is 1.23. The highest BCUT2D eigenvalue weighted by atomic mass is 32.2. The summed E-state index contributed by atoms with van der Waals surface area (Å²) < 4.78 is 35.6. The molecule has 2 aromatic carbocycles. The van der Waals surface area contributed by atoms with Crippen LogP contribution in [0.1, 0.15) is 37.8 Å². The number of aryl methyl sites for hydroxylation is 1. The van der Waals surface area contributed by atoms with Crippen LogP contribution in [0.25, 0.3) is 10.9 Å². The van der Waals surface area contributed by atoms with E-state index in [9.17, 15) is 13.2 Å². The first-order valence-electron chi connectivity index (χ1n) is 10.9. The second-order valence-electron chi connectivity index (χ2n) is 9.35. The van der Waals surface area contributed by atoms with Gasteiger partial charge in [-0.1, -0.05) is 38.0 Å². The number of carbonyl (C=O) groups excluding carboxylic acids is 1. The van der Waals surface area contributed by atoms with Crippen molar-refractivity contribution in [2.24, 2.45) is 0 Å². The van der Waals surface area contributed by atoms with E-state index in [1.165, 1.54) is 6.07 Å². The number of aromatic nitrogens is 3. The minimum atomic E-state index is -3.37. The number of nitrogens with one attached hydrogen (secondary N) is 1. The molecule has 35 heavy (non-hydrogen) atoms. The van der Waals surface area contributed by atoms with Gasteiger partial charge in [-0.15, -0.1) is 5.10 Å². The molecular weight excluding hydrogens is 468 g/mol. The third-order valence-corrected chi connectivity index (χ3v) is 6.35. The zero-order valence-corrected chi connectivity index (χ0v) is 20.9. The average molecular weight is 495 g/mol. The summed E-state index contributed by atoms with van der Waals surface area (Å²) in [5.41, 5.74) is 1.90. The lowest BCUT2D eigenvalue weighted by Crippen LogP contribution is -2.15. The molecule has 0 unspecified atom stereocenters. The third-order valence-electron chi connectivity index (χ3n) is 5.24. The molecule has 0 bridgehead atoms. The Bertz CT molecular complexity index is 1520. The predicted molar refractivity (Wildman–Crippen MR) is 131 cm³/mol. The monoisotopic (exact) mass is 494 g/mol. The largest absolute Gasteiger partial charge is 0.456 e. The van der Waals surface area contributed by atoms with Gasteiger partial charge in [0, 0.05) is 23.3 Å². The van der Waals surface area contributed by atoms with Gasteiger partial charge < -0.3 is 9.15 Å². The Morgan fingerprint density at radius 2 is 1.83 bits per heavy atom. The number of carbonyl (C=O) groups is 1. The lowest BCUT2D eigenvalue weighted by molar-refractivity contribution is -0.115. The summed E-state index contributed by atoms with van der Waals surface area (Å²) in [6.07, 6.45) is 2.88. The standard InChI is InChI=1S/C25H26N4O5S/c1-15-12-16(13-22(30)27-24-29-28-23(34-24)25(2,3)4)6-9-20(15)33-21-10-11-26-19-8-7-17(14-18(19)21)35(5,31)32/h6-12,14H,13H2,1-5H3,(H,27,29,30). The van der Waals surface area contributed by atoms with Crippen LogP contribution in [0.2, 0.25) is 0 Å². The number of hydrogen-bond donors (Lipinski definition) is 1. The van der Waals surface area contributed by atoms with Gasteiger partial charge in [0.05, 0.1) is 16.8 Å². The van der Waals surface area contributed by atoms with Crippen LogP contribution in [0.5, 0.6) is 11.5 Å². The molecule has 2 heterocycles. The highest BCUT2D eigenvalue weighted by molar-refractivity contribution is 7.90. The lowest BCUT2D eigenvalue weighted by atomic mass is 9.97. The number of benzene rings is 2. The van der Waals surface area contributed by atoms with Crippen LogP contribution >= 0.6 is 0 Å². The smallest absolute Gasteiger partial charge is 0.322 e. The number of sulfone groups is 1. The van der Waals surface area contributed by atoms with Crippen LogP contribution in [0, 0.1) is 6.92 Å². The Kier molecular flexibility index (Phi) is 6.33. The maximum atomic E-state index is 12.5. The minimum Gasteiger partial charge on any atom is -0.456 e. The number of rotatable bonds is 6. The summed E-state index contributed by atoms with van der Waals surface area (Å²) in [6.45, 7) is 7.70. The molecule has 2 aromatic heterocycles. The SMILES string of the molecule is Cc1cc(CC(=O)Nc2nnc(C(C)(C)C)o2)ccc1Oc1ccnc2ccc(S(C)(=O)=O)cc12. The van der Waals surface area contributed by atoms with Gasteiger partial charge >= 0.3 is 6.01 Å². The zero-order valence-electron chi connectivity index (χ0n) is 20.1. The molecule has 9 nitrogen and oxygen atoms in total. The van der Waals surface area contributed by atoms with Crippen molar-refractivity contribution < 1.29 is 22.4 Å². The molecule has 4 rings (SSSR count). The van der Waals surface area contributed by atoms with Crippen molar-refractivity contribution in [3.63, 3.8) is 0 Å². The molecule has 0 atom stereocenters. The number of pyridine rings is 1. The van der Waals surface area contributed by atoms with Crippen molar-refractivity contribution in [3.8, 4) is 11.5 Å². The van der Waals surface area contributed by atoms with Gasteiger partial charge in [0.1, 0.15) is 11.5 Å². The molecule has 0 spiro atoms. The molecule has 0 aliphatic heterocycles. The number of nitrogens with zero attached hydrogens (tertiary/aromatic N) is 3. The number of ether oxygens (including phenoxy) is 1. The molecular formula is C25H26N4O5S. The number of anilines is 1. The van der Waals surface area contributed by atoms with E-state index in [-0.39, 0.29) is 28.7 Å². The maximum Gasteiger partial charge on any atom is 0.322 e. The summed E-state index contributed by atoms with van der Waals surface area (Å²) in [7, 11) is -3.37. The highest BCUT2D eigenvalue weighted by Crippen LogP contribution is 2.32. The highest BCUT2D eigenvalue weighted by Gasteiger charge is 2.22. The van der Waals surface area contributed by atoms with Gasteiger partial charge in [-0.3, -0.25) is 15.1 Å². The zero-order chi connectivity index (χ0) is 25.4. The van der Waals surface area contributed by atoms with E-state index in [1.54, 1.807) is 36.5 Å². The molecule has 0 radical (unpaired) electrons. The second-order valence-corrected chi connectivity index (χ2v) is 11.4. The molecule has 1 N–H and O–H groups in total. The summed E-state index contributed by atoms with van der Waals surface area (Å²) in [6, 6.07) is 11.9. The van der Waals surface area contributed by atoms with Gasteiger partial charge in [-0.25, -0.2) is 8.42 Å². The van der Waals surface area contributed by atoms with Gasteiger partial charge in [-0.05, 0) is 48.4 Å². The van der Waals surface area contributed by atoms with Crippen molar-refractivity contribution in [2.75, 3.05) is 11.6 Å². The van der Waals surface area contributed by atoms with E-state index >= 15 is 0 Å². The van der Waals surface area contributed by atoms with Gasteiger partial charge in [0.25, 0.3) is 0 Å². The fourth-order valence-electron chi connectivity index (χ4n) is 3.40. The Morgan fingerprint density at radius 1 is 1.06 bits per heavy atom. The van der Waals surface area contributed by atoms with E-state index in [1.807, 2.05) is 33.8 Å². The Morgan fingerprint density at radius 3 is 2.49 bits per heavy atom. The van der Waals surface area contributed by atoms with Crippen molar-refractivity contribution in [1.82, 2.24) is 15.2 Å². The number of hydrogen-bond acceptors (Lipinski definition) is 8. The molecule has 0 aliphatic rings. The fraction of sp³-hybridized carbons (Fsp3) is 0.280. The van der Waals surface area contributed by atoms with E-state index in [4.69, 9.17) is 9.15 Å². The first-order chi connectivity index (χ1) is 16.4. The Hall–Kier alpha value is -3.79. The quantitative estimate of drug-likeness (QED) is 0.412. The van der Waals surface area contributed by atoms with Crippen LogP contribution in [0.4, 0.5) is 6.01 Å². The summed E-state index contributed by atoms with van der Waals surface area (Å²) >= 11 is 0. The Labute approximate surface area is 203 Å². The van der Waals surface area contributed by atoms with Crippen molar-refractivity contribution in [1.29, 1.82) is 0 Å². The van der Waals surface area contributed by atoms with Gasteiger partial charge in [-0.2, -0.15) is 0 Å². The molecule has 1 amide bonds. The van der Waals surface area contributed by atoms with Gasteiger partial charge in [0.2, 0.25) is 11.8 Å². The lowest BCUT2D eigenvalue weighted by Gasteiger charge is -2.13. The molecule has 0 fully saturated rings. The normalized spacial score (nSPS) is 12.0. The first-order valence-corrected chi connectivity index (χ1v) is 12.8. The number of fused-ring (bicyclic) bond motifs is 1. The Balaban J connectivity index is 1.50. The van der Waals surface area contributed by atoms with Crippen molar-refractivity contribution in [3.05, 3.63) is 65.7 Å². The molecule has 0 saturated carbocycles. The first kappa shape index (κ1) is 24.3. The molecule has 182 valence electrons. The predicted octanol–water partition coefficient (Wildman–Crippen LogP) is 4.60. The molecule has 4 aromatic rings. The van der Waals surface area contributed by atoms with E-state index in [2.05, 4.69) is 20.5 Å². The average Bonchev–Trinajstić information content (AvgIpc) is 3.24. The van der Waals surface area contributed by atoms with E-state index < -0.39 is 9.84 Å². The van der Waals surface area contributed by atoms with Crippen LogP contribution < -0.4 is 10.1 Å². The van der Waals surface area contributed by atoms with Crippen molar-refractivity contribution in [2.45, 2.75) is 44.4 Å². The second kappa shape index (κ2) is 9.10. The van der Waals surface area contributed by atoms with E-state index in [0.717, 1.165) is 17.4 Å². The number of amides is 1. The minimum absolute atomic E-state index is 0.0645. The fourth-order valence-corrected chi connectivity index (χ4v) is 4.05. The molecule has 0 saturated heterocycles. The summed E-state index contributed by atoms with van der Waals surface area (Å²) in [4.78, 5) is 16.9. The van der Waals surface area contributed by atoms with Crippen LogP contribution in [-0.4, -0.2) is 35.8 Å².